The molecule has 5 unspecified atom stereocenters. The molecule has 5 aliphatic rings. The molecule has 0 aromatic carbocycles. The SMILES string of the molecule is C=C(C)C1CC[C@]2(CC)CC[C@]3(C)C(CCC4[C@@]5(C)CC[C@H](C)C(C)(C)C5CC[C@]43C)C12. The van der Waals surface area contributed by atoms with Crippen LogP contribution in [0.2, 0.25) is 0 Å². The molecule has 0 heteroatoms. The Morgan fingerprint density at radius 2 is 1.50 bits per heavy atom. The third-order valence-corrected chi connectivity index (χ3v) is 14.5. The molecule has 5 rings (SSSR count). The van der Waals surface area contributed by atoms with Crippen molar-refractivity contribution in [1.82, 2.24) is 0 Å². The molecule has 5 aliphatic carbocycles. The van der Waals surface area contributed by atoms with Gasteiger partial charge in [-0.1, -0.05) is 67.0 Å². The van der Waals surface area contributed by atoms with E-state index in [9.17, 15) is 0 Å². The molecule has 0 saturated heterocycles. The number of allylic oxidation sites excluding steroid dienone is 1. The molecule has 0 spiro atoms. The van der Waals surface area contributed by atoms with Gasteiger partial charge in [0.1, 0.15) is 0 Å². The van der Waals surface area contributed by atoms with Crippen LogP contribution in [0.4, 0.5) is 0 Å². The van der Waals surface area contributed by atoms with E-state index in [-0.39, 0.29) is 0 Å². The Labute approximate surface area is 200 Å². The summed E-state index contributed by atoms with van der Waals surface area (Å²) >= 11 is 0. The van der Waals surface area contributed by atoms with Crippen LogP contribution >= 0.6 is 0 Å². The van der Waals surface area contributed by atoms with Crippen molar-refractivity contribution in [2.45, 2.75) is 126 Å². The molecule has 5 fully saturated rings. The van der Waals surface area contributed by atoms with Gasteiger partial charge in [-0.3, -0.25) is 0 Å². The Bertz CT molecular complexity index is 775. The molecule has 0 heterocycles. The maximum absolute atomic E-state index is 4.54. The maximum Gasteiger partial charge on any atom is -0.0172 e. The fraction of sp³-hybridized carbons (Fsp3) is 0.938. The minimum absolute atomic E-state index is 0.506. The molecule has 0 nitrogen and oxygen atoms in total. The van der Waals surface area contributed by atoms with E-state index in [1.54, 1.807) is 0 Å². The van der Waals surface area contributed by atoms with Crippen LogP contribution in [0.1, 0.15) is 126 Å². The Morgan fingerprint density at radius 3 is 2.16 bits per heavy atom. The second kappa shape index (κ2) is 7.13. The van der Waals surface area contributed by atoms with E-state index in [1.165, 1.54) is 76.2 Å². The average molecular weight is 439 g/mol. The lowest BCUT2D eigenvalue weighted by atomic mass is 9.32. The number of fused-ring (bicyclic) bond motifs is 7. The first kappa shape index (κ1) is 23.5. The third kappa shape index (κ3) is 2.68. The Kier molecular flexibility index (Phi) is 5.23. The molecular weight excluding hydrogens is 384 g/mol. The molecule has 5 saturated carbocycles. The van der Waals surface area contributed by atoms with E-state index in [2.05, 4.69) is 62.0 Å². The van der Waals surface area contributed by atoms with E-state index in [4.69, 9.17) is 0 Å². The van der Waals surface area contributed by atoms with Crippen molar-refractivity contribution in [3.05, 3.63) is 12.2 Å². The standard InChI is InChI=1S/C32H54/c1-10-32-18-14-23(21(2)3)27(32)24-11-12-26-29(7)16-13-22(4)28(5,6)25(29)15-17-31(26,9)30(24,8)19-20-32/h22-27H,2,10-20H2,1,3-9H3/t22-,23?,24?,25?,26?,27?,29-,30+,31+,32+/m0/s1. The lowest BCUT2D eigenvalue weighted by Crippen LogP contribution is -2.66. The van der Waals surface area contributed by atoms with E-state index in [0.717, 1.165) is 35.5 Å². The number of hydrogen-bond donors (Lipinski definition) is 0. The van der Waals surface area contributed by atoms with Crippen molar-refractivity contribution < 1.29 is 0 Å². The molecule has 182 valence electrons. The summed E-state index contributed by atoms with van der Waals surface area (Å²) in [7, 11) is 0. The topological polar surface area (TPSA) is 0 Å². The van der Waals surface area contributed by atoms with Crippen molar-refractivity contribution in [2.75, 3.05) is 0 Å². The summed E-state index contributed by atoms with van der Waals surface area (Å²) in [6.45, 7) is 25.6. The number of hydrogen-bond acceptors (Lipinski definition) is 0. The summed E-state index contributed by atoms with van der Waals surface area (Å²) < 4.78 is 0. The van der Waals surface area contributed by atoms with Crippen LogP contribution in [0.5, 0.6) is 0 Å². The zero-order valence-corrected chi connectivity index (χ0v) is 22.9. The molecule has 0 N–H and O–H groups in total. The van der Waals surface area contributed by atoms with Crippen LogP contribution in [0.3, 0.4) is 0 Å². The molecule has 0 aromatic heterocycles. The normalized spacial score (nSPS) is 56.5. The van der Waals surface area contributed by atoms with E-state index >= 15 is 0 Å². The predicted molar refractivity (Wildman–Crippen MR) is 138 cm³/mol. The summed E-state index contributed by atoms with van der Waals surface area (Å²) in [5.74, 6) is 5.37. The summed E-state index contributed by atoms with van der Waals surface area (Å²) in [5.41, 5.74) is 4.24. The van der Waals surface area contributed by atoms with Crippen LogP contribution in [0, 0.1) is 62.6 Å². The van der Waals surface area contributed by atoms with Crippen molar-refractivity contribution in [3.63, 3.8) is 0 Å². The highest BCUT2D eigenvalue weighted by atomic mass is 14.7. The van der Waals surface area contributed by atoms with Crippen molar-refractivity contribution in [2.24, 2.45) is 62.6 Å². The summed E-state index contributed by atoms with van der Waals surface area (Å²) in [5, 5.41) is 0. The highest BCUT2D eigenvalue weighted by molar-refractivity contribution is 5.21. The predicted octanol–water partition coefficient (Wildman–Crippen LogP) is 9.69. The molecular formula is C32H54. The van der Waals surface area contributed by atoms with Gasteiger partial charge in [-0.15, -0.1) is 0 Å². The first-order valence-electron chi connectivity index (χ1n) is 14.5. The van der Waals surface area contributed by atoms with Gasteiger partial charge in [-0.2, -0.15) is 0 Å². The van der Waals surface area contributed by atoms with Crippen LogP contribution in [0.25, 0.3) is 0 Å². The maximum atomic E-state index is 4.54. The summed E-state index contributed by atoms with van der Waals surface area (Å²) in [4.78, 5) is 0. The third-order valence-electron chi connectivity index (χ3n) is 14.5. The second-order valence-corrected chi connectivity index (χ2v) is 15.2. The Balaban J connectivity index is 1.55. The smallest absolute Gasteiger partial charge is 0.0172 e. The van der Waals surface area contributed by atoms with Crippen LogP contribution in [-0.4, -0.2) is 0 Å². The van der Waals surface area contributed by atoms with Gasteiger partial charge in [0.2, 0.25) is 0 Å². The highest BCUT2D eigenvalue weighted by Gasteiger charge is 2.70. The molecule has 0 aromatic rings. The van der Waals surface area contributed by atoms with Gasteiger partial charge in [0.25, 0.3) is 0 Å². The van der Waals surface area contributed by atoms with Crippen LogP contribution in [0.15, 0.2) is 12.2 Å². The largest absolute Gasteiger partial charge is 0.0998 e. The van der Waals surface area contributed by atoms with Gasteiger partial charge in [-0.25, -0.2) is 0 Å². The fourth-order valence-corrected chi connectivity index (χ4v) is 12.1. The van der Waals surface area contributed by atoms with Crippen LogP contribution < -0.4 is 0 Å². The quantitative estimate of drug-likeness (QED) is 0.376. The van der Waals surface area contributed by atoms with Gasteiger partial charge >= 0.3 is 0 Å². The van der Waals surface area contributed by atoms with Crippen LogP contribution in [-0.2, 0) is 0 Å². The lowest BCUT2D eigenvalue weighted by Gasteiger charge is -2.73. The van der Waals surface area contributed by atoms with Gasteiger partial charge in [-0.05, 0) is 134 Å². The minimum Gasteiger partial charge on any atom is -0.0998 e. The Hall–Kier alpha value is -0.260. The number of rotatable bonds is 2. The summed E-state index contributed by atoms with van der Waals surface area (Å²) in [6, 6.07) is 0. The molecule has 0 aliphatic heterocycles. The fourth-order valence-electron chi connectivity index (χ4n) is 12.1. The minimum atomic E-state index is 0.506. The van der Waals surface area contributed by atoms with E-state index < -0.39 is 0 Å². The van der Waals surface area contributed by atoms with Gasteiger partial charge in [0.15, 0.2) is 0 Å². The molecule has 32 heavy (non-hydrogen) atoms. The molecule has 0 bridgehead atoms. The van der Waals surface area contributed by atoms with Crippen molar-refractivity contribution in [1.29, 1.82) is 0 Å². The van der Waals surface area contributed by atoms with Crippen molar-refractivity contribution >= 4 is 0 Å². The second-order valence-electron chi connectivity index (χ2n) is 15.2. The average Bonchev–Trinajstić information content (AvgIpc) is 3.12. The first-order chi connectivity index (χ1) is 14.9. The van der Waals surface area contributed by atoms with E-state index in [1.807, 2.05) is 0 Å². The van der Waals surface area contributed by atoms with Gasteiger partial charge in [0.05, 0.1) is 0 Å². The zero-order chi connectivity index (χ0) is 23.3. The van der Waals surface area contributed by atoms with Crippen molar-refractivity contribution in [3.8, 4) is 0 Å². The summed E-state index contributed by atoms with van der Waals surface area (Å²) in [6.07, 6.45) is 16.2. The monoisotopic (exact) mass is 438 g/mol. The molecule has 0 radical (unpaired) electrons. The Morgan fingerprint density at radius 1 is 0.781 bits per heavy atom. The van der Waals surface area contributed by atoms with Gasteiger partial charge < -0.3 is 0 Å². The lowest BCUT2D eigenvalue weighted by molar-refractivity contribution is -0.242. The molecule has 10 atom stereocenters. The zero-order valence-electron chi connectivity index (χ0n) is 22.9. The highest BCUT2D eigenvalue weighted by Crippen LogP contribution is 2.78. The molecule has 0 amide bonds. The van der Waals surface area contributed by atoms with Gasteiger partial charge in [0, 0.05) is 0 Å². The van der Waals surface area contributed by atoms with E-state index in [0.29, 0.717) is 27.1 Å². The first-order valence-corrected chi connectivity index (χ1v) is 14.5.